The van der Waals surface area contributed by atoms with Crippen LogP contribution in [-0.2, 0) is 4.74 Å². The van der Waals surface area contributed by atoms with E-state index >= 15 is 0 Å². The summed E-state index contributed by atoms with van der Waals surface area (Å²) in [6.45, 7) is 2.12. The van der Waals surface area contributed by atoms with Crippen molar-refractivity contribution in [3.05, 3.63) is 61.7 Å². The molecule has 2 aromatic heterocycles. The molecule has 0 radical (unpaired) electrons. The summed E-state index contributed by atoms with van der Waals surface area (Å²) in [7, 11) is 1.07. The summed E-state index contributed by atoms with van der Waals surface area (Å²) in [5, 5.41) is -0.131. The van der Waals surface area contributed by atoms with Crippen molar-refractivity contribution in [2.45, 2.75) is 42.8 Å². The smallest absolute Gasteiger partial charge is 0.417 e. The Morgan fingerprint density at radius 3 is 2.49 bits per heavy atom. The Labute approximate surface area is 199 Å². The molecule has 7 nitrogen and oxygen atoms in total. The number of benzene rings is 1. The normalized spacial score (nSPS) is 24.8. The molecule has 4 atom stereocenters. The first-order valence-corrected chi connectivity index (χ1v) is 11.5. The number of aromatic amines is 2. The van der Waals surface area contributed by atoms with Gasteiger partial charge in [0.05, 0.1) is 12.8 Å². The first-order valence-electron chi connectivity index (χ1n) is 10.3. The molecule has 0 saturated carbocycles. The van der Waals surface area contributed by atoms with Crippen molar-refractivity contribution in [3.8, 4) is 5.75 Å². The van der Waals surface area contributed by atoms with E-state index in [2.05, 4.69) is 15.0 Å². The highest BCUT2D eigenvalue weighted by Gasteiger charge is 2.65. The van der Waals surface area contributed by atoms with E-state index in [9.17, 15) is 31.5 Å². The molecule has 35 heavy (non-hydrogen) atoms. The number of hydrogen-bond acceptors (Lipinski definition) is 6. The van der Waals surface area contributed by atoms with Crippen molar-refractivity contribution < 1.29 is 31.4 Å². The Hall–Kier alpha value is -2.93. The number of nitrogens with zero attached hydrogens (tertiary/aromatic N) is 1. The molecule has 3 aromatic rings. The van der Waals surface area contributed by atoms with E-state index in [0.717, 1.165) is 44.0 Å². The van der Waals surface area contributed by atoms with Crippen LogP contribution in [0, 0.1) is 17.6 Å². The largest absolute Gasteiger partial charge is 0.493 e. The molecule has 0 aliphatic carbocycles. The molecule has 1 aliphatic rings. The number of aromatic nitrogens is 3. The van der Waals surface area contributed by atoms with E-state index in [1.165, 1.54) is 6.92 Å². The molecule has 1 aliphatic heterocycles. The molecule has 4 rings (SSSR count). The van der Waals surface area contributed by atoms with Gasteiger partial charge in [-0.25, -0.2) is 9.37 Å². The lowest BCUT2D eigenvalue weighted by Gasteiger charge is -2.32. The van der Waals surface area contributed by atoms with E-state index in [4.69, 9.17) is 9.47 Å². The van der Waals surface area contributed by atoms with Crippen molar-refractivity contribution in [3.63, 3.8) is 0 Å². The maximum Gasteiger partial charge on any atom is 0.417 e. The van der Waals surface area contributed by atoms with Gasteiger partial charge >= 0.3 is 6.18 Å². The maximum atomic E-state index is 14.5. The van der Waals surface area contributed by atoms with Crippen molar-refractivity contribution in [2.75, 3.05) is 13.4 Å². The minimum atomic E-state index is -4.84. The fourth-order valence-corrected chi connectivity index (χ4v) is 4.87. The summed E-state index contributed by atoms with van der Waals surface area (Å²) < 4.78 is 81.4. The number of rotatable bonds is 4. The van der Waals surface area contributed by atoms with Crippen LogP contribution in [0.15, 0.2) is 32.9 Å². The van der Waals surface area contributed by atoms with Crippen molar-refractivity contribution in [1.82, 2.24) is 15.0 Å². The third-order valence-corrected chi connectivity index (χ3v) is 7.09. The average Bonchev–Trinajstić information content (AvgIpc) is 3.06. The van der Waals surface area contributed by atoms with E-state index < -0.39 is 58.1 Å². The molecule has 1 saturated heterocycles. The Morgan fingerprint density at radius 2 is 1.89 bits per heavy atom. The zero-order valence-corrected chi connectivity index (χ0v) is 19.7. The third-order valence-electron chi connectivity index (χ3n) is 6.51. The number of fused-ring (bicyclic) bond motifs is 1. The molecular weight excluding hydrogens is 497 g/mol. The monoisotopic (exact) mass is 517 g/mol. The lowest BCUT2D eigenvalue weighted by atomic mass is 9.76. The number of ether oxygens (including phenoxy) is 2. The standard InChI is InChI=1S/C22H20F5N3O4S/c1-8-13(9-5-6-10(23)15(24)16(9)33-3)17(34-21(8,2)22(25,26)27)11-7-12(31)14-18(28-11)29-20(35-4)30-19(14)32/h5-8,13,17H,1-4H3,(H2,28,29,30,31,32)/t8-,13-,17-,21+/m0/s1. The molecule has 3 heterocycles. The van der Waals surface area contributed by atoms with Crippen LogP contribution in [0.25, 0.3) is 11.0 Å². The summed E-state index contributed by atoms with van der Waals surface area (Å²) in [6.07, 6.45) is -4.68. The van der Waals surface area contributed by atoms with Crippen LogP contribution >= 0.6 is 11.8 Å². The highest BCUT2D eigenvalue weighted by molar-refractivity contribution is 7.98. The topological polar surface area (TPSA) is 97.1 Å². The van der Waals surface area contributed by atoms with Crippen LogP contribution in [-0.4, -0.2) is 40.1 Å². The minimum Gasteiger partial charge on any atom is -0.493 e. The number of nitrogens with one attached hydrogen (secondary N) is 2. The summed E-state index contributed by atoms with van der Waals surface area (Å²) in [5.41, 5.74) is -4.54. The van der Waals surface area contributed by atoms with Crippen molar-refractivity contribution in [1.29, 1.82) is 0 Å². The third kappa shape index (κ3) is 3.90. The average molecular weight is 517 g/mol. The van der Waals surface area contributed by atoms with Gasteiger partial charge in [-0.05, 0) is 19.2 Å². The lowest BCUT2D eigenvalue weighted by molar-refractivity contribution is -0.275. The van der Waals surface area contributed by atoms with Gasteiger partial charge < -0.3 is 19.4 Å². The molecule has 0 spiro atoms. The number of alkyl halides is 3. The Morgan fingerprint density at radius 1 is 1.20 bits per heavy atom. The number of pyridine rings is 1. The molecule has 0 bridgehead atoms. The molecular formula is C22H20F5N3O4S. The predicted molar refractivity (Wildman–Crippen MR) is 118 cm³/mol. The van der Waals surface area contributed by atoms with E-state index in [1.807, 2.05) is 0 Å². The first kappa shape index (κ1) is 25.2. The van der Waals surface area contributed by atoms with Gasteiger partial charge in [0.2, 0.25) is 5.82 Å². The molecule has 1 aromatic carbocycles. The van der Waals surface area contributed by atoms with Gasteiger partial charge in [-0.15, -0.1) is 0 Å². The molecule has 0 amide bonds. The van der Waals surface area contributed by atoms with Gasteiger partial charge in [-0.1, -0.05) is 24.8 Å². The van der Waals surface area contributed by atoms with Crippen LogP contribution in [0.3, 0.4) is 0 Å². The maximum absolute atomic E-state index is 14.5. The quantitative estimate of drug-likeness (QED) is 0.302. The number of hydrogen-bond donors (Lipinski definition) is 2. The number of methoxy groups -OCH3 is 1. The molecule has 2 N–H and O–H groups in total. The zero-order valence-electron chi connectivity index (χ0n) is 18.8. The van der Waals surface area contributed by atoms with Gasteiger partial charge in [0, 0.05) is 23.5 Å². The summed E-state index contributed by atoms with van der Waals surface area (Å²) >= 11 is 1.09. The zero-order chi connectivity index (χ0) is 25.9. The molecule has 13 heteroatoms. The fourth-order valence-electron chi connectivity index (χ4n) is 4.49. The van der Waals surface area contributed by atoms with Crippen LogP contribution in [0.5, 0.6) is 5.75 Å². The number of halogens is 5. The van der Waals surface area contributed by atoms with Gasteiger partial charge in [0.25, 0.3) is 5.56 Å². The number of H-pyrrole nitrogens is 2. The molecule has 0 unspecified atom stereocenters. The van der Waals surface area contributed by atoms with Crippen LogP contribution in [0.1, 0.15) is 37.1 Å². The molecule has 188 valence electrons. The van der Waals surface area contributed by atoms with Gasteiger partial charge in [0.1, 0.15) is 17.1 Å². The second-order valence-electron chi connectivity index (χ2n) is 8.33. The fraction of sp³-hybridized carbons (Fsp3) is 0.409. The Bertz CT molecular complexity index is 1420. The van der Waals surface area contributed by atoms with Gasteiger partial charge in [-0.3, -0.25) is 9.59 Å². The van der Waals surface area contributed by atoms with Crippen molar-refractivity contribution in [2.24, 2.45) is 5.92 Å². The lowest BCUT2D eigenvalue weighted by Crippen LogP contribution is -2.46. The van der Waals surface area contributed by atoms with Crippen LogP contribution < -0.4 is 15.7 Å². The SMILES string of the molecule is COc1c([C@H]2[C@H](c3cc(=O)c4c(=O)[nH]c(SC)nc4[nH]3)O[C@@](C)(C(F)(F)F)[C@H]2C)ccc(F)c1F. The number of thioether (sulfide) groups is 1. The first-order chi connectivity index (χ1) is 16.3. The Balaban J connectivity index is 1.99. The van der Waals surface area contributed by atoms with E-state index in [-0.39, 0.29) is 27.4 Å². The van der Waals surface area contributed by atoms with E-state index in [1.54, 1.807) is 6.26 Å². The summed E-state index contributed by atoms with van der Waals surface area (Å²) in [5.74, 6) is -5.70. The van der Waals surface area contributed by atoms with Gasteiger partial charge in [-0.2, -0.15) is 17.6 Å². The highest BCUT2D eigenvalue weighted by Crippen LogP contribution is 2.59. The van der Waals surface area contributed by atoms with Crippen LogP contribution in [0.2, 0.25) is 0 Å². The second-order valence-corrected chi connectivity index (χ2v) is 9.12. The highest BCUT2D eigenvalue weighted by atomic mass is 32.2. The van der Waals surface area contributed by atoms with Crippen molar-refractivity contribution >= 4 is 22.8 Å². The predicted octanol–water partition coefficient (Wildman–Crippen LogP) is 4.43. The second kappa shape index (κ2) is 8.63. The van der Waals surface area contributed by atoms with Gasteiger partial charge in [0.15, 0.2) is 27.8 Å². The Kier molecular flexibility index (Phi) is 6.20. The minimum absolute atomic E-state index is 0.0681. The summed E-state index contributed by atoms with van der Waals surface area (Å²) in [4.78, 5) is 34.5. The van der Waals surface area contributed by atoms with E-state index in [0.29, 0.717) is 0 Å². The van der Waals surface area contributed by atoms with Crippen LogP contribution in [0.4, 0.5) is 22.0 Å². The summed E-state index contributed by atoms with van der Waals surface area (Å²) in [6, 6.07) is 2.87. The molecule has 1 fully saturated rings.